The third kappa shape index (κ3) is 4.04. The molecule has 6 heteroatoms. The van der Waals surface area contributed by atoms with Gasteiger partial charge in [0.05, 0.1) is 10.2 Å². The summed E-state index contributed by atoms with van der Waals surface area (Å²) in [7, 11) is 0. The predicted octanol–water partition coefficient (Wildman–Crippen LogP) is 5.01. The van der Waals surface area contributed by atoms with Gasteiger partial charge < -0.3 is 5.32 Å². The molecule has 1 aromatic heterocycles. The summed E-state index contributed by atoms with van der Waals surface area (Å²) in [6.45, 7) is 2.55. The quantitative estimate of drug-likeness (QED) is 0.629. The van der Waals surface area contributed by atoms with Crippen molar-refractivity contribution in [2.24, 2.45) is 0 Å². The second-order valence-corrected chi connectivity index (χ2v) is 6.95. The van der Waals surface area contributed by atoms with Gasteiger partial charge in [-0.25, -0.2) is 9.78 Å². The van der Waals surface area contributed by atoms with Crippen molar-refractivity contribution in [1.82, 2.24) is 10.3 Å². The van der Waals surface area contributed by atoms with E-state index in [0.717, 1.165) is 28.6 Å². The smallest absolute Gasteiger partial charge is 0.321 e. The minimum atomic E-state index is -0.231. The number of nitrogens with zero attached hydrogens (tertiary/aromatic N) is 1. The highest BCUT2D eigenvalue weighted by molar-refractivity contribution is 7.22. The van der Waals surface area contributed by atoms with Gasteiger partial charge in [0, 0.05) is 11.6 Å². The maximum absolute atomic E-state index is 12.0. The summed E-state index contributed by atoms with van der Waals surface area (Å²) < 4.78 is 1.01. The van der Waals surface area contributed by atoms with Crippen LogP contribution in [0.15, 0.2) is 42.5 Å². The number of aryl methyl sites for hydroxylation is 2. The molecule has 124 valence electrons. The Morgan fingerprint density at radius 3 is 2.79 bits per heavy atom. The molecule has 2 amide bonds. The third-order valence-corrected chi connectivity index (χ3v) is 5.08. The molecule has 0 atom stereocenters. The molecule has 0 saturated carbocycles. The molecule has 0 saturated heterocycles. The van der Waals surface area contributed by atoms with Gasteiger partial charge in [-0.3, -0.25) is 5.32 Å². The van der Waals surface area contributed by atoms with Gasteiger partial charge >= 0.3 is 6.03 Å². The first-order valence-electron chi connectivity index (χ1n) is 7.78. The summed E-state index contributed by atoms with van der Waals surface area (Å²) in [6, 6.07) is 13.8. The highest BCUT2D eigenvalue weighted by atomic mass is 35.5. The molecule has 0 unspecified atom stereocenters. The van der Waals surface area contributed by atoms with Crippen LogP contribution in [0.2, 0.25) is 5.02 Å². The van der Waals surface area contributed by atoms with E-state index in [2.05, 4.69) is 27.8 Å². The summed E-state index contributed by atoms with van der Waals surface area (Å²) in [5.74, 6) is 0. The lowest BCUT2D eigenvalue weighted by Crippen LogP contribution is -2.29. The minimum absolute atomic E-state index is 0.231. The summed E-state index contributed by atoms with van der Waals surface area (Å²) in [4.78, 5) is 16.4. The molecule has 2 N–H and O–H groups in total. The highest BCUT2D eigenvalue weighted by Crippen LogP contribution is 2.31. The topological polar surface area (TPSA) is 54.0 Å². The first-order valence-corrected chi connectivity index (χ1v) is 8.97. The van der Waals surface area contributed by atoms with Crippen molar-refractivity contribution in [2.75, 3.05) is 11.9 Å². The van der Waals surface area contributed by atoms with Crippen molar-refractivity contribution < 1.29 is 4.79 Å². The van der Waals surface area contributed by atoms with Crippen molar-refractivity contribution in [2.45, 2.75) is 19.8 Å². The van der Waals surface area contributed by atoms with E-state index in [1.807, 2.05) is 37.3 Å². The zero-order chi connectivity index (χ0) is 16.9. The number of carbonyl (C=O) groups is 1. The van der Waals surface area contributed by atoms with E-state index in [0.29, 0.717) is 16.7 Å². The van der Waals surface area contributed by atoms with Gasteiger partial charge in [-0.1, -0.05) is 53.3 Å². The first kappa shape index (κ1) is 16.7. The molecule has 0 spiro atoms. The van der Waals surface area contributed by atoms with Crippen LogP contribution < -0.4 is 10.6 Å². The van der Waals surface area contributed by atoms with E-state index in [-0.39, 0.29) is 6.03 Å². The van der Waals surface area contributed by atoms with Crippen LogP contribution in [-0.4, -0.2) is 17.6 Å². The molecule has 0 aliphatic carbocycles. The number of benzene rings is 2. The predicted molar refractivity (Wildman–Crippen MR) is 101 cm³/mol. The monoisotopic (exact) mass is 359 g/mol. The Hall–Kier alpha value is -2.11. The molecule has 3 rings (SSSR count). The molecule has 3 aromatic rings. The van der Waals surface area contributed by atoms with Crippen molar-refractivity contribution in [1.29, 1.82) is 0 Å². The largest absolute Gasteiger partial charge is 0.338 e. The van der Waals surface area contributed by atoms with E-state index < -0.39 is 0 Å². The zero-order valence-electron chi connectivity index (χ0n) is 13.3. The molecule has 24 heavy (non-hydrogen) atoms. The molecule has 0 aliphatic rings. The Balaban J connectivity index is 1.51. The number of hydrogen-bond acceptors (Lipinski definition) is 3. The van der Waals surface area contributed by atoms with Crippen LogP contribution in [0.1, 0.15) is 17.5 Å². The van der Waals surface area contributed by atoms with Gasteiger partial charge in [0.2, 0.25) is 0 Å². The number of carbonyl (C=O) groups excluding carboxylic acids is 1. The van der Waals surface area contributed by atoms with Crippen molar-refractivity contribution in [3.8, 4) is 0 Å². The van der Waals surface area contributed by atoms with E-state index in [9.17, 15) is 4.79 Å². The van der Waals surface area contributed by atoms with Crippen molar-refractivity contribution in [3.63, 3.8) is 0 Å². The lowest BCUT2D eigenvalue weighted by Gasteiger charge is -2.05. The number of anilines is 1. The molecular formula is C18H18ClN3OS. The average Bonchev–Trinajstić information content (AvgIpc) is 2.99. The number of thiazole rings is 1. The summed E-state index contributed by atoms with van der Waals surface area (Å²) in [5, 5.41) is 6.92. The van der Waals surface area contributed by atoms with E-state index >= 15 is 0 Å². The van der Waals surface area contributed by atoms with Gasteiger partial charge in [0.15, 0.2) is 5.13 Å². The molecule has 1 heterocycles. The van der Waals surface area contributed by atoms with Crippen molar-refractivity contribution in [3.05, 3.63) is 58.6 Å². The molecular weight excluding hydrogens is 342 g/mol. The Morgan fingerprint density at radius 2 is 2.00 bits per heavy atom. The van der Waals surface area contributed by atoms with Crippen LogP contribution in [0.4, 0.5) is 9.93 Å². The van der Waals surface area contributed by atoms with Crippen LogP contribution in [0.25, 0.3) is 10.2 Å². The lowest BCUT2D eigenvalue weighted by atomic mass is 10.1. The number of halogens is 1. The number of amides is 2. The fourth-order valence-electron chi connectivity index (χ4n) is 2.43. The first-order chi connectivity index (χ1) is 11.6. The van der Waals surface area contributed by atoms with Crippen LogP contribution in [0, 0.1) is 6.92 Å². The second-order valence-electron chi connectivity index (χ2n) is 5.51. The maximum Gasteiger partial charge on any atom is 0.321 e. The molecule has 0 fully saturated rings. The van der Waals surface area contributed by atoms with Crippen molar-refractivity contribution >= 4 is 44.3 Å². The van der Waals surface area contributed by atoms with Gasteiger partial charge in [-0.05, 0) is 43.0 Å². The number of rotatable bonds is 5. The number of nitrogens with one attached hydrogen (secondary N) is 2. The second kappa shape index (κ2) is 7.64. The van der Waals surface area contributed by atoms with Crippen LogP contribution >= 0.6 is 22.9 Å². The zero-order valence-corrected chi connectivity index (χ0v) is 14.9. The van der Waals surface area contributed by atoms with Crippen LogP contribution in [0.3, 0.4) is 0 Å². The highest BCUT2D eigenvalue weighted by Gasteiger charge is 2.10. The van der Waals surface area contributed by atoms with Crippen LogP contribution in [-0.2, 0) is 6.42 Å². The number of fused-ring (bicyclic) bond motifs is 1. The standard InChI is InChI=1S/C18H18ClN3OS/c1-12-14(19)9-10-15-16(12)21-18(24-15)22-17(23)20-11-5-8-13-6-3-2-4-7-13/h2-4,6-7,9-10H,5,8,11H2,1H3,(H2,20,21,22,23). The third-order valence-electron chi connectivity index (χ3n) is 3.74. The Labute approximate surface area is 149 Å². The molecule has 0 radical (unpaired) electrons. The number of hydrogen-bond donors (Lipinski definition) is 2. The summed E-state index contributed by atoms with van der Waals surface area (Å²) >= 11 is 7.55. The fourth-order valence-corrected chi connectivity index (χ4v) is 3.51. The van der Waals surface area contributed by atoms with Gasteiger partial charge in [0.25, 0.3) is 0 Å². The van der Waals surface area contributed by atoms with Gasteiger partial charge in [0.1, 0.15) is 0 Å². The molecule has 2 aromatic carbocycles. The normalized spacial score (nSPS) is 10.8. The minimum Gasteiger partial charge on any atom is -0.338 e. The number of aromatic nitrogens is 1. The molecule has 0 aliphatic heterocycles. The Morgan fingerprint density at radius 1 is 1.21 bits per heavy atom. The SMILES string of the molecule is Cc1c(Cl)ccc2sc(NC(=O)NCCCc3ccccc3)nc12. The molecule has 4 nitrogen and oxygen atoms in total. The maximum atomic E-state index is 12.0. The number of urea groups is 1. The Kier molecular flexibility index (Phi) is 5.33. The van der Waals surface area contributed by atoms with E-state index in [4.69, 9.17) is 11.6 Å². The summed E-state index contributed by atoms with van der Waals surface area (Å²) in [6.07, 6.45) is 1.84. The summed E-state index contributed by atoms with van der Waals surface area (Å²) in [5.41, 5.74) is 3.05. The van der Waals surface area contributed by atoms with Crippen LogP contribution in [0.5, 0.6) is 0 Å². The lowest BCUT2D eigenvalue weighted by molar-refractivity contribution is 0.252. The van der Waals surface area contributed by atoms with Gasteiger partial charge in [-0.2, -0.15) is 0 Å². The van der Waals surface area contributed by atoms with E-state index in [1.165, 1.54) is 16.9 Å². The fraction of sp³-hybridized carbons (Fsp3) is 0.222. The Bertz CT molecular complexity index is 848. The molecule has 0 bridgehead atoms. The average molecular weight is 360 g/mol. The van der Waals surface area contributed by atoms with Gasteiger partial charge in [-0.15, -0.1) is 0 Å². The van der Waals surface area contributed by atoms with E-state index in [1.54, 1.807) is 0 Å².